The summed E-state index contributed by atoms with van der Waals surface area (Å²) in [4.78, 5) is 16.0. The zero-order valence-corrected chi connectivity index (χ0v) is 18.6. The van der Waals surface area contributed by atoms with Crippen LogP contribution >= 0.6 is 0 Å². The van der Waals surface area contributed by atoms with E-state index in [0.29, 0.717) is 24.2 Å². The average molecular weight is 430 g/mol. The number of hydrogen-bond acceptors (Lipinski definition) is 6. The molecule has 1 saturated carbocycles. The molecule has 0 bridgehead atoms. The van der Waals surface area contributed by atoms with Crippen LogP contribution in [-0.4, -0.2) is 26.3 Å². The van der Waals surface area contributed by atoms with Crippen molar-refractivity contribution in [3.8, 4) is 6.07 Å². The largest absolute Gasteiger partial charge is 0.481 e. The Kier molecular flexibility index (Phi) is 6.04. The third-order valence-electron chi connectivity index (χ3n) is 6.68. The average Bonchev–Trinajstić information content (AvgIpc) is 2.81. The molecular weight excluding hydrogens is 402 g/mol. The van der Waals surface area contributed by atoms with Crippen molar-refractivity contribution < 1.29 is 9.90 Å². The minimum atomic E-state index is -0.697. The Morgan fingerprint density at radius 2 is 1.94 bits per heavy atom. The molecule has 1 aliphatic carbocycles. The molecule has 7 nitrogen and oxygen atoms in total. The zero-order chi connectivity index (χ0) is 22.8. The molecule has 2 N–H and O–H groups in total. The van der Waals surface area contributed by atoms with Crippen molar-refractivity contribution in [2.45, 2.75) is 58.4 Å². The minimum Gasteiger partial charge on any atom is -0.481 e. The van der Waals surface area contributed by atoms with Gasteiger partial charge in [-0.25, -0.2) is 0 Å². The summed E-state index contributed by atoms with van der Waals surface area (Å²) in [5.74, 6) is -0.00612. The normalized spacial score (nSPS) is 19.3. The molecule has 7 heteroatoms. The highest BCUT2D eigenvalue weighted by Gasteiger charge is 2.28. The van der Waals surface area contributed by atoms with Crippen LogP contribution in [0.2, 0.25) is 0 Å². The SMILES string of the molecule is Cc1c(C#N)cccc1[C@@H](C)Nc1nnc(C)c2cnc(C3CCC(C(=O)O)CC3)cc12. The zero-order valence-electron chi connectivity index (χ0n) is 18.6. The highest BCUT2D eigenvalue weighted by molar-refractivity contribution is 5.92. The van der Waals surface area contributed by atoms with Gasteiger partial charge in [-0.2, -0.15) is 10.4 Å². The number of nitriles is 1. The van der Waals surface area contributed by atoms with Gasteiger partial charge in [-0.15, -0.1) is 5.10 Å². The summed E-state index contributed by atoms with van der Waals surface area (Å²) in [5, 5.41) is 32.8. The van der Waals surface area contributed by atoms with Gasteiger partial charge >= 0.3 is 5.97 Å². The van der Waals surface area contributed by atoms with Gasteiger partial charge in [0.25, 0.3) is 0 Å². The Bertz CT molecular complexity index is 1210. The molecule has 0 radical (unpaired) electrons. The van der Waals surface area contributed by atoms with Crippen LogP contribution in [0.25, 0.3) is 10.8 Å². The van der Waals surface area contributed by atoms with Crippen molar-refractivity contribution in [1.82, 2.24) is 15.2 Å². The molecule has 164 valence electrons. The molecule has 0 amide bonds. The lowest BCUT2D eigenvalue weighted by atomic mass is 9.80. The second-order valence-corrected chi connectivity index (χ2v) is 8.67. The highest BCUT2D eigenvalue weighted by atomic mass is 16.4. The molecule has 1 aliphatic rings. The molecule has 3 aromatic rings. The summed E-state index contributed by atoms with van der Waals surface area (Å²) < 4.78 is 0. The van der Waals surface area contributed by atoms with E-state index in [1.54, 1.807) is 0 Å². The van der Waals surface area contributed by atoms with Gasteiger partial charge in [0.05, 0.1) is 29.3 Å². The van der Waals surface area contributed by atoms with Crippen LogP contribution in [0.1, 0.15) is 72.6 Å². The van der Waals surface area contributed by atoms with Gasteiger partial charge in [0.15, 0.2) is 5.82 Å². The number of fused-ring (bicyclic) bond motifs is 1. The summed E-state index contributed by atoms with van der Waals surface area (Å²) in [6, 6.07) is 10.00. The number of hydrogen-bond donors (Lipinski definition) is 2. The van der Waals surface area contributed by atoms with Crippen LogP contribution in [0.15, 0.2) is 30.5 Å². The molecule has 2 heterocycles. The Hall–Kier alpha value is -3.53. The van der Waals surface area contributed by atoms with Crippen LogP contribution in [0.4, 0.5) is 5.82 Å². The van der Waals surface area contributed by atoms with E-state index >= 15 is 0 Å². The third kappa shape index (κ3) is 4.13. The Balaban J connectivity index is 1.65. The molecule has 1 fully saturated rings. The van der Waals surface area contributed by atoms with Crippen molar-refractivity contribution in [3.05, 3.63) is 58.5 Å². The van der Waals surface area contributed by atoms with E-state index in [0.717, 1.165) is 46.1 Å². The first-order valence-corrected chi connectivity index (χ1v) is 11.0. The fourth-order valence-corrected chi connectivity index (χ4v) is 4.68. The first-order chi connectivity index (χ1) is 15.4. The summed E-state index contributed by atoms with van der Waals surface area (Å²) in [6.45, 7) is 5.93. The van der Waals surface area contributed by atoms with Crippen LogP contribution < -0.4 is 5.32 Å². The number of carboxylic acid groups (broad SMARTS) is 1. The lowest BCUT2D eigenvalue weighted by Gasteiger charge is -2.26. The minimum absolute atomic E-state index is 0.0638. The molecule has 4 rings (SSSR count). The topological polar surface area (TPSA) is 112 Å². The van der Waals surface area contributed by atoms with Gasteiger partial charge in [-0.05, 0) is 69.7 Å². The molecule has 0 aliphatic heterocycles. The molecule has 32 heavy (non-hydrogen) atoms. The maximum atomic E-state index is 11.3. The molecule has 0 unspecified atom stereocenters. The van der Waals surface area contributed by atoms with Crippen molar-refractivity contribution >= 4 is 22.6 Å². The van der Waals surface area contributed by atoms with E-state index in [9.17, 15) is 15.2 Å². The summed E-state index contributed by atoms with van der Waals surface area (Å²) in [5.41, 5.74) is 4.46. The second-order valence-electron chi connectivity index (χ2n) is 8.67. The fraction of sp³-hybridized carbons (Fsp3) is 0.400. The van der Waals surface area contributed by atoms with E-state index in [4.69, 9.17) is 4.98 Å². The maximum absolute atomic E-state index is 11.3. The molecule has 1 aromatic carbocycles. The molecule has 0 spiro atoms. The first-order valence-electron chi connectivity index (χ1n) is 11.0. The number of rotatable bonds is 5. The smallest absolute Gasteiger partial charge is 0.306 e. The lowest BCUT2D eigenvalue weighted by molar-refractivity contribution is -0.142. The number of nitrogens with zero attached hydrogens (tertiary/aromatic N) is 4. The van der Waals surface area contributed by atoms with E-state index in [2.05, 4.69) is 27.6 Å². The van der Waals surface area contributed by atoms with Crippen LogP contribution in [0.5, 0.6) is 0 Å². The van der Waals surface area contributed by atoms with Crippen molar-refractivity contribution in [2.24, 2.45) is 5.92 Å². The predicted molar refractivity (Wildman–Crippen MR) is 122 cm³/mol. The van der Waals surface area contributed by atoms with Crippen molar-refractivity contribution in [1.29, 1.82) is 5.26 Å². The second kappa shape index (κ2) is 8.91. The molecule has 0 saturated heterocycles. The van der Waals surface area contributed by atoms with Gasteiger partial charge in [-0.3, -0.25) is 9.78 Å². The standard InChI is InChI=1S/C25H27N5O2/c1-14-19(12-26)5-4-6-20(14)15(2)28-24-21-11-23(27-13-22(21)16(3)29-30-24)17-7-9-18(10-8-17)25(31)32/h4-6,11,13,15,17-18H,7-10H2,1-3H3,(H,28,30)(H,31,32)/t15-,17?,18?/m1/s1. The number of carbonyl (C=O) groups is 1. The number of aryl methyl sites for hydroxylation is 1. The number of nitrogens with one attached hydrogen (secondary N) is 1. The van der Waals surface area contributed by atoms with Gasteiger partial charge in [0.1, 0.15) is 0 Å². The number of benzene rings is 1. The molecule has 2 aromatic heterocycles. The van der Waals surface area contributed by atoms with E-state index in [1.165, 1.54) is 0 Å². The van der Waals surface area contributed by atoms with Gasteiger partial charge < -0.3 is 10.4 Å². The predicted octanol–water partition coefficient (Wildman–Crippen LogP) is 5.04. The van der Waals surface area contributed by atoms with E-state index in [-0.39, 0.29) is 17.9 Å². The summed E-state index contributed by atoms with van der Waals surface area (Å²) >= 11 is 0. The van der Waals surface area contributed by atoms with Crippen LogP contribution in [-0.2, 0) is 4.79 Å². The van der Waals surface area contributed by atoms with Crippen molar-refractivity contribution in [3.63, 3.8) is 0 Å². The number of aromatic nitrogens is 3. The number of anilines is 1. The van der Waals surface area contributed by atoms with Gasteiger partial charge in [0, 0.05) is 28.6 Å². The summed E-state index contributed by atoms with van der Waals surface area (Å²) in [6.07, 6.45) is 4.88. The Labute approximate surface area is 187 Å². The van der Waals surface area contributed by atoms with Gasteiger partial charge in [0.2, 0.25) is 0 Å². The Morgan fingerprint density at radius 3 is 2.62 bits per heavy atom. The van der Waals surface area contributed by atoms with Crippen LogP contribution in [0.3, 0.4) is 0 Å². The highest BCUT2D eigenvalue weighted by Crippen LogP contribution is 2.37. The first kappa shape index (κ1) is 21.7. The van der Waals surface area contributed by atoms with E-state index in [1.807, 2.05) is 45.2 Å². The number of carboxylic acids is 1. The van der Waals surface area contributed by atoms with Crippen LogP contribution in [0, 0.1) is 31.1 Å². The van der Waals surface area contributed by atoms with Gasteiger partial charge in [-0.1, -0.05) is 12.1 Å². The third-order valence-corrected chi connectivity index (χ3v) is 6.68. The maximum Gasteiger partial charge on any atom is 0.306 e. The number of aliphatic carboxylic acids is 1. The lowest BCUT2D eigenvalue weighted by Crippen LogP contribution is -2.21. The fourth-order valence-electron chi connectivity index (χ4n) is 4.68. The quantitative estimate of drug-likeness (QED) is 0.584. The van der Waals surface area contributed by atoms with E-state index < -0.39 is 5.97 Å². The Morgan fingerprint density at radius 1 is 1.19 bits per heavy atom. The molecule has 1 atom stereocenters. The summed E-state index contributed by atoms with van der Waals surface area (Å²) in [7, 11) is 0. The van der Waals surface area contributed by atoms with Crippen molar-refractivity contribution in [2.75, 3.05) is 5.32 Å². The monoisotopic (exact) mass is 429 g/mol. The number of pyridine rings is 1. The molecular formula is C25H27N5O2.